The summed E-state index contributed by atoms with van der Waals surface area (Å²) < 4.78 is 2.27. The maximum Gasteiger partial charge on any atom is 0.0951 e. The average Bonchev–Trinajstić information content (AvgIpc) is 2.74. The molecule has 1 aliphatic rings. The Balaban J connectivity index is 2.07. The van der Waals surface area contributed by atoms with Crippen LogP contribution in [0.2, 0.25) is 0 Å². The minimum atomic E-state index is 0.0976. The molecule has 0 aromatic carbocycles. The highest BCUT2D eigenvalue weighted by Crippen LogP contribution is 2.47. The van der Waals surface area contributed by atoms with Gasteiger partial charge in [-0.15, -0.1) is 0 Å². The molecule has 1 aromatic heterocycles. The van der Waals surface area contributed by atoms with Crippen molar-refractivity contribution < 1.29 is 0 Å². The number of rotatable bonds is 4. The molecule has 0 saturated heterocycles. The molecule has 78 valence electrons. The van der Waals surface area contributed by atoms with E-state index in [-0.39, 0.29) is 6.04 Å². The second kappa shape index (κ2) is 3.73. The summed E-state index contributed by atoms with van der Waals surface area (Å²) in [6.07, 6.45) is 7.75. The zero-order valence-electron chi connectivity index (χ0n) is 8.98. The maximum absolute atomic E-state index is 5.88. The summed E-state index contributed by atoms with van der Waals surface area (Å²) in [5.74, 6) is 0.867. The van der Waals surface area contributed by atoms with Crippen LogP contribution in [0.25, 0.3) is 0 Å². The van der Waals surface area contributed by atoms with Gasteiger partial charge in [-0.3, -0.25) is 0 Å². The summed E-state index contributed by atoms with van der Waals surface area (Å²) in [6, 6.07) is 0.777. The zero-order chi connectivity index (χ0) is 10.1. The second-order valence-corrected chi connectivity index (χ2v) is 4.37. The van der Waals surface area contributed by atoms with Gasteiger partial charge in [0.2, 0.25) is 0 Å². The van der Waals surface area contributed by atoms with Gasteiger partial charge in [0.15, 0.2) is 0 Å². The number of aromatic nitrogens is 2. The molecular weight excluding hydrogens is 174 g/mol. The van der Waals surface area contributed by atoms with Crippen molar-refractivity contribution in [1.82, 2.24) is 9.55 Å². The summed E-state index contributed by atoms with van der Waals surface area (Å²) in [4.78, 5) is 4.18. The molecule has 1 aromatic rings. The van der Waals surface area contributed by atoms with Crippen LogP contribution in [0.3, 0.4) is 0 Å². The van der Waals surface area contributed by atoms with Crippen molar-refractivity contribution in [3.63, 3.8) is 0 Å². The molecule has 0 aliphatic heterocycles. The molecule has 2 N–H and O–H groups in total. The van der Waals surface area contributed by atoms with E-state index in [1.165, 1.54) is 25.0 Å². The van der Waals surface area contributed by atoms with E-state index in [1.807, 2.05) is 19.4 Å². The fourth-order valence-corrected chi connectivity index (χ4v) is 2.20. The fraction of sp³-hybridized carbons (Fsp3) is 0.727. The fourth-order valence-electron chi connectivity index (χ4n) is 2.20. The summed E-state index contributed by atoms with van der Waals surface area (Å²) in [6.45, 7) is 4.26. The Morgan fingerprint density at radius 2 is 2.50 bits per heavy atom. The van der Waals surface area contributed by atoms with Gasteiger partial charge < -0.3 is 10.3 Å². The molecule has 1 aliphatic carbocycles. The van der Waals surface area contributed by atoms with E-state index < -0.39 is 0 Å². The second-order valence-electron chi connectivity index (χ2n) is 4.37. The van der Waals surface area contributed by atoms with Crippen LogP contribution in [-0.4, -0.2) is 9.55 Å². The molecule has 1 heterocycles. The smallest absolute Gasteiger partial charge is 0.0951 e. The van der Waals surface area contributed by atoms with Crippen LogP contribution in [0, 0.1) is 5.92 Å². The van der Waals surface area contributed by atoms with Gasteiger partial charge in [-0.05, 0) is 25.7 Å². The van der Waals surface area contributed by atoms with Crippen LogP contribution < -0.4 is 5.73 Å². The van der Waals surface area contributed by atoms with Gasteiger partial charge in [0, 0.05) is 18.3 Å². The van der Waals surface area contributed by atoms with E-state index in [0.29, 0.717) is 6.04 Å². The average molecular weight is 193 g/mol. The van der Waals surface area contributed by atoms with Gasteiger partial charge in [-0.25, -0.2) is 4.98 Å². The molecule has 3 heteroatoms. The highest BCUT2D eigenvalue weighted by molar-refractivity contribution is 5.09. The van der Waals surface area contributed by atoms with Crippen LogP contribution in [0.15, 0.2) is 12.5 Å². The lowest BCUT2D eigenvalue weighted by Gasteiger charge is -2.10. The summed E-state index contributed by atoms with van der Waals surface area (Å²) >= 11 is 0. The van der Waals surface area contributed by atoms with E-state index in [1.54, 1.807) is 0 Å². The molecule has 14 heavy (non-hydrogen) atoms. The van der Waals surface area contributed by atoms with Crippen LogP contribution in [-0.2, 0) is 0 Å². The van der Waals surface area contributed by atoms with Crippen molar-refractivity contribution in [3.05, 3.63) is 18.2 Å². The highest BCUT2D eigenvalue weighted by Gasteiger charge is 2.38. The third-order valence-electron chi connectivity index (χ3n) is 3.06. The molecule has 2 rings (SSSR count). The van der Waals surface area contributed by atoms with E-state index in [4.69, 9.17) is 5.73 Å². The Morgan fingerprint density at radius 1 is 1.71 bits per heavy atom. The third kappa shape index (κ3) is 1.69. The van der Waals surface area contributed by atoms with Crippen LogP contribution in [0.4, 0.5) is 0 Å². The number of hydrogen-bond acceptors (Lipinski definition) is 2. The van der Waals surface area contributed by atoms with Gasteiger partial charge in [-0.2, -0.15) is 0 Å². The van der Waals surface area contributed by atoms with Gasteiger partial charge in [0.25, 0.3) is 0 Å². The highest BCUT2D eigenvalue weighted by atomic mass is 15.1. The standard InChI is InChI=1S/C11H19N3/c1-3-4-9-5-10(9)14-7-13-6-11(14)8(2)12/h6-10H,3-5,12H2,1-2H3/t8-,9?,10?/m1/s1. The van der Waals surface area contributed by atoms with Crippen molar-refractivity contribution >= 4 is 0 Å². The van der Waals surface area contributed by atoms with Gasteiger partial charge >= 0.3 is 0 Å². The van der Waals surface area contributed by atoms with Crippen LogP contribution in [0.5, 0.6) is 0 Å². The molecule has 0 spiro atoms. The van der Waals surface area contributed by atoms with Crippen LogP contribution in [0.1, 0.15) is 50.9 Å². The monoisotopic (exact) mass is 193 g/mol. The molecule has 0 bridgehead atoms. The first-order valence-corrected chi connectivity index (χ1v) is 5.51. The predicted molar refractivity (Wildman–Crippen MR) is 56.9 cm³/mol. The number of nitrogens with two attached hydrogens (primary N) is 1. The first-order valence-electron chi connectivity index (χ1n) is 5.51. The molecule has 3 nitrogen and oxygen atoms in total. The van der Waals surface area contributed by atoms with Crippen molar-refractivity contribution in [2.75, 3.05) is 0 Å². The van der Waals surface area contributed by atoms with E-state index in [0.717, 1.165) is 5.92 Å². The number of nitrogens with zero attached hydrogens (tertiary/aromatic N) is 2. The SMILES string of the molecule is CCCC1CC1n1cncc1[C@@H](C)N. The van der Waals surface area contributed by atoms with Gasteiger partial charge in [0.05, 0.1) is 12.0 Å². The van der Waals surface area contributed by atoms with Crippen molar-refractivity contribution in [2.24, 2.45) is 11.7 Å². The summed E-state index contributed by atoms with van der Waals surface area (Å²) in [5, 5.41) is 0. The quantitative estimate of drug-likeness (QED) is 0.797. The Morgan fingerprint density at radius 3 is 3.14 bits per heavy atom. The Kier molecular flexibility index (Phi) is 2.59. The number of hydrogen-bond donors (Lipinski definition) is 1. The molecule has 1 fully saturated rings. The topological polar surface area (TPSA) is 43.8 Å². The van der Waals surface area contributed by atoms with Gasteiger partial charge in [0.1, 0.15) is 0 Å². The number of imidazole rings is 1. The Bertz CT molecular complexity index is 303. The lowest BCUT2D eigenvalue weighted by molar-refractivity contribution is 0.574. The minimum Gasteiger partial charge on any atom is -0.330 e. The largest absolute Gasteiger partial charge is 0.330 e. The Labute approximate surface area is 85.3 Å². The van der Waals surface area contributed by atoms with Gasteiger partial charge in [-0.1, -0.05) is 13.3 Å². The maximum atomic E-state index is 5.88. The van der Waals surface area contributed by atoms with Crippen LogP contribution >= 0.6 is 0 Å². The predicted octanol–water partition coefficient (Wildman–Crippen LogP) is 2.26. The normalized spacial score (nSPS) is 27.6. The van der Waals surface area contributed by atoms with E-state index in [9.17, 15) is 0 Å². The molecule has 1 saturated carbocycles. The molecule has 0 amide bonds. The van der Waals surface area contributed by atoms with E-state index in [2.05, 4.69) is 16.5 Å². The molecular formula is C11H19N3. The molecule has 2 unspecified atom stereocenters. The lowest BCUT2D eigenvalue weighted by atomic mass is 10.2. The minimum absolute atomic E-state index is 0.0976. The molecule has 3 atom stereocenters. The molecule has 0 radical (unpaired) electrons. The van der Waals surface area contributed by atoms with Crippen molar-refractivity contribution in [1.29, 1.82) is 0 Å². The first-order chi connectivity index (χ1) is 6.74. The Hall–Kier alpha value is -0.830. The summed E-state index contributed by atoms with van der Waals surface area (Å²) in [7, 11) is 0. The van der Waals surface area contributed by atoms with Crippen molar-refractivity contribution in [2.45, 2.75) is 45.2 Å². The third-order valence-corrected chi connectivity index (χ3v) is 3.06. The van der Waals surface area contributed by atoms with E-state index >= 15 is 0 Å². The first kappa shape index (κ1) is 9.71. The zero-order valence-corrected chi connectivity index (χ0v) is 8.98. The lowest BCUT2D eigenvalue weighted by Crippen LogP contribution is -2.11. The summed E-state index contributed by atoms with van der Waals surface area (Å²) in [5.41, 5.74) is 7.06. The van der Waals surface area contributed by atoms with Crippen molar-refractivity contribution in [3.8, 4) is 0 Å².